The lowest BCUT2D eigenvalue weighted by Crippen LogP contribution is -2.46. The minimum atomic E-state index is -4.49. The molecule has 1 amide bonds. The first-order chi connectivity index (χ1) is 11.8. The van der Waals surface area contributed by atoms with E-state index in [1.54, 1.807) is 33.8 Å². The summed E-state index contributed by atoms with van der Waals surface area (Å²) < 4.78 is 43.2. The molecule has 2 unspecified atom stereocenters. The van der Waals surface area contributed by atoms with E-state index in [1.165, 1.54) is 18.2 Å². The van der Waals surface area contributed by atoms with Gasteiger partial charge in [0, 0.05) is 5.92 Å². The van der Waals surface area contributed by atoms with E-state index >= 15 is 0 Å². The van der Waals surface area contributed by atoms with Crippen LogP contribution in [0.3, 0.4) is 0 Å². The third-order valence-electron chi connectivity index (χ3n) is 3.32. The van der Waals surface area contributed by atoms with Crippen molar-refractivity contribution in [3.63, 3.8) is 0 Å². The van der Waals surface area contributed by atoms with Crippen molar-refractivity contribution in [2.24, 2.45) is 0 Å². The Balaban J connectivity index is 3.14. The lowest BCUT2D eigenvalue weighted by Gasteiger charge is -2.25. The van der Waals surface area contributed by atoms with Crippen molar-refractivity contribution < 1.29 is 32.6 Å². The number of nitrogens with one attached hydrogen (secondary N) is 1. The molecular weight excluding hydrogens is 351 g/mol. The van der Waals surface area contributed by atoms with Crippen LogP contribution >= 0.6 is 0 Å². The highest BCUT2D eigenvalue weighted by Crippen LogP contribution is 2.31. The van der Waals surface area contributed by atoms with Gasteiger partial charge in [-0.3, -0.25) is 0 Å². The molecule has 1 aromatic rings. The van der Waals surface area contributed by atoms with Gasteiger partial charge in [-0.05, 0) is 45.4 Å². The number of ether oxygens (including phenoxy) is 1. The Morgan fingerprint density at radius 2 is 1.69 bits per heavy atom. The summed E-state index contributed by atoms with van der Waals surface area (Å²) >= 11 is 0. The largest absolute Gasteiger partial charge is 0.480 e. The van der Waals surface area contributed by atoms with Gasteiger partial charge in [-0.15, -0.1) is 0 Å². The highest BCUT2D eigenvalue weighted by atomic mass is 19.4. The van der Waals surface area contributed by atoms with Crippen LogP contribution in [-0.4, -0.2) is 28.8 Å². The fourth-order valence-corrected chi connectivity index (χ4v) is 2.26. The van der Waals surface area contributed by atoms with E-state index in [-0.39, 0.29) is 0 Å². The highest BCUT2D eigenvalue weighted by Gasteiger charge is 2.33. The number of hydrogen-bond acceptors (Lipinski definition) is 3. The van der Waals surface area contributed by atoms with Crippen molar-refractivity contribution in [3.05, 3.63) is 47.5 Å². The number of allylic oxidation sites excluding steroid dienone is 1. The molecule has 5 nitrogen and oxygen atoms in total. The van der Waals surface area contributed by atoms with Gasteiger partial charge < -0.3 is 15.2 Å². The van der Waals surface area contributed by atoms with E-state index in [0.29, 0.717) is 5.56 Å². The molecule has 0 aliphatic carbocycles. The smallest absolute Gasteiger partial charge is 0.416 e. The van der Waals surface area contributed by atoms with Gasteiger partial charge in [0.25, 0.3) is 0 Å². The first kappa shape index (κ1) is 21.5. The second kappa shape index (κ2) is 8.25. The molecular formula is C18H22F3NO4. The van der Waals surface area contributed by atoms with Crippen LogP contribution < -0.4 is 5.32 Å². The number of hydrogen-bond donors (Lipinski definition) is 2. The molecule has 0 radical (unpaired) electrons. The van der Waals surface area contributed by atoms with Crippen molar-refractivity contribution >= 4 is 12.1 Å². The maximum Gasteiger partial charge on any atom is 0.416 e. The van der Waals surface area contributed by atoms with Crippen LogP contribution in [0.25, 0.3) is 0 Å². The molecule has 0 aliphatic rings. The number of carbonyl (C=O) groups is 2. The summed E-state index contributed by atoms with van der Waals surface area (Å²) in [5.41, 5.74) is -1.34. The molecule has 0 saturated heterocycles. The lowest BCUT2D eigenvalue weighted by atomic mass is 9.90. The van der Waals surface area contributed by atoms with Crippen LogP contribution in [-0.2, 0) is 15.7 Å². The van der Waals surface area contributed by atoms with Crippen LogP contribution in [0.2, 0.25) is 0 Å². The van der Waals surface area contributed by atoms with Crippen molar-refractivity contribution in [2.45, 2.75) is 51.4 Å². The number of rotatable bonds is 5. The number of aliphatic carboxylic acids is 1. The number of amides is 1. The minimum Gasteiger partial charge on any atom is -0.480 e. The summed E-state index contributed by atoms with van der Waals surface area (Å²) in [6.07, 6.45) is -2.35. The molecule has 1 aromatic carbocycles. The van der Waals surface area contributed by atoms with Crippen molar-refractivity contribution in [2.75, 3.05) is 0 Å². The monoisotopic (exact) mass is 373 g/mol. The molecule has 0 fully saturated rings. The minimum absolute atomic E-state index is 0.319. The summed E-state index contributed by atoms with van der Waals surface area (Å²) in [7, 11) is 0. The molecule has 2 atom stereocenters. The fourth-order valence-electron chi connectivity index (χ4n) is 2.26. The topological polar surface area (TPSA) is 75.6 Å². The first-order valence-electron chi connectivity index (χ1n) is 7.87. The number of benzene rings is 1. The zero-order valence-corrected chi connectivity index (χ0v) is 14.9. The Hall–Kier alpha value is -2.51. The van der Waals surface area contributed by atoms with Gasteiger partial charge in [-0.1, -0.05) is 24.3 Å². The normalized spacial score (nSPS) is 14.7. The Morgan fingerprint density at radius 3 is 2.08 bits per heavy atom. The Morgan fingerprint density at radius 1 is 1.15 bits per heavy atom. The second-order valence-electron chi connectivity index (χ2n) is 6.63. The van der Waals surface area contributed by atoms with Gasteiger partial charge in [-0.2, -0.15) is 13.2 Å². The third kappa shape index (κ3) is 6.42. The van der Waals surface area contributed by atoms with E-state index < -0.39 is 41.4 Å². The standard InChI is InChI=1S/C18H22F3NO4/c1-5-6-13(11-7-9-12(10-8-11)18(19,20)21)14(15(23)24)22-16(25)26-17(2,3)4/h5-10,13-14H,1-4H3,(H,22,25)(H,23,24)/b6-5+. The van der Waals surface area contributed by atoms with Crippen LogP contribution in [0.1, 0.15) is 44.7 Å². The molecule has 2 N–H and O–H groups in total. The molecule has 0 saturated carbocycles. The van der Waals surface area contributed by atoms with Gasteiger partial charge in [0.05, 0.1) is 5.56 Å². The second-order valence-corrected chi connectivity index (χ2v) is 6.63. The number of alkyl carbamates (subject to hydrolysis) is 1. The fraction of sp³-hybridized carbons (Fsp3) is 0.444. The Labute approximate surface area is 149 Å². The van der Waals surface area contributed by atoms with Crippen LogP contribution in [0.5, 0.6) is 0 Å². The first-order valence-corrected chi connectivity index (χ1v) is 7.87. The van der Waals surface area contributed by atoms with E-state index in [0.717, 1.165) is 12.1 Å². The van der Waals surface area contributed by atoms with E-state index in [4.69, 9.17) is 4.74 Å². The maximum absolute atomic E-state index is 12.7. The average molecular weight is 373 g/mol. The van der Waals surface area contributed by atoms with Crippen LogP contribution in [0, 0.1) is 0 Å². The van der Waals surface area contributed by atoms with E-state index in [2.05, 4.69) is 5.32 Å². The summed E-state index contributed by atoms with van der Waals surface area (Å²) in [6.45, 7) is 6.52. The predicted molar refractivity (Wildman–Crippen MR) is 89.8 cm³/mol. The molecule has 0 bridgehead atoms. The van der Waals surface area contributed by atoms with Crippen molar-refractivity contribution in [1.29, 1.82) is 0 Å². The number of alkyl halides is 3. The van der Waals surface area contributed by atoms with Crippen molar-refractivity contribution in [1.82, 2.24) is 5.32 Å². The molecule has 0 heterocycles. The Kier molecular flexibility index (Phi) is 6.83. The molecule has 0 spiro atoms. The third-order valence-corrected chi connectivity index (χ3v) is 3.32. The highest BCUT2D eigenvalue weighted by molar-refractivity contribution is 5.81. The molecule has 0 aromatic heterocycles. The van der Waals surface area contributed by atoms with Crippen LogP contribution in [0.4, 0.5) is 18.0 Å². The van der Waals surface area contributed by atoms with Crippen LogP contribution in [0.15, 0.2) is 36.4 Å². The van der Waals surface area contributed by atoms with Gasteiger partial charge in [0.2, 0.25) is 0 Å². The van der Waals surface area contributed by atoms with Gasteiger partial charge >= 0.3 is 18.2 Å². The predicted octanol–water partition coefficient (Wildman–Crippen LogP) is 4.34. The summed E-state index contributed by atoms with van der Waals surface area (Å²) in [5.74, 6) is -2.20. The van der Waals surface area contributed by atoms with E-state index in [1.807, 2.05) is 0 Å². The summed E-state index contributed by atoms with van der Waals surface area (Å²) in [5, 5.41) is 11.7. The number of carboxylic acid groups (broad SMARTS) is 1. The molecule has 8 heteroatoms. The van der Waals surface area contributed by atoms with E-state index in [9.17, 15) is 27.9 Å². The molecule has 26 heavy (non-hydrogen) atoms. The maximum atomic E-state index is 12.7. The van der Waals surface area contributed by atoms with Gasteiger partial charge in [0.15, 0.2) is 0 Å². The SMILES string of the molecule is C/C=C/C(c1ccc(C(F)(F)F)cc1)C(NC(=O)OC(C)(C)C)C(=O)O. The average Bonchev–Trinajstić information content (AvgIpc) is 2.48. The summed E-state index contributed by atoms with van der Waals surface area (Å²) in [4.78, 5) is 23.6. The number of carbonyl (C=O) groups excluding carboxylic acids is 1. The zero-order chi connectivity index (χ0) is 20.1. The molecule has 0 aliphatic heterocycles. The number of halogens is 3. The molecule has 144 valence electrons. The zero-order valence-electron chi connectivity index (χ0n) is 14.9. The summed E-state index contributed by atoms with van der Waals surface area (Å²) in [6, 6.07) is 2.73. The lowest BCUT2D eigenvalue weighted by molar-refractivity contribution is -0.140. The van der Waals surface area contributed by atoms with Gasteiger partial charge in [0.1, 0.15) is 11.6 Å². The van der Waals surface area contributed by atoms with Gasteiger partial charge in [-0.25, -0.2) is 9.59 Å². The number of carboxylic acids is 1. The quantitative estimate of drug-likeness (QED) is 0.753. The van der Waals surface area contributed by atoms with Crippen molar-refractivity contribution in [3.8, 4) is 0 Å². The molecule has 1 rings (SSSR count). The Bertz CT molecular complexity index is 660.